The summed E-state index contributed by atoms with van der Waals surface area (Å²) in [6.45, 7) is 3.41. The highest BCUT2D eigenvalue weighted by atomic mass is 16.6. The van der Waals surface area contributed by atoms with Gasteiger partial charge in [-0.1, -0.05) is 32.0 Å². The number of nitrogens with zero attached hydrogens (tertiary/aromatic N) is 2. The molecule has 2 amide bonds. The first-order valence-corrected chi connectivity index (χ1v) is 10.3. The number of benzene rings is 2. The molecule has 174 valence electrons. The molecule has 9 nitrogen and oxygen atoms in total. The van der Waals surface area contributed by atoms with Gasteiger partial charge in [-0.3, -0.25) is 14.5 Å². The molecule has 3 rings (SSSR count). The Kier molecular flexibility index (Phi) is 7.12. The number of ether oxygens (including phenoxy) is 3. The maximum absolute atomic E-state index is 13.1. The molecule has 0 fully saturated rings. The lowest BCUT2D eigenvalue weighted by Crippen LogP contribution is -2.49. The van der Waals surface area contributed by atoms with Crippen LogP contribution >= 0.6 is 0 Å². The number of hydrogen-bond acceptors (Lipinski definition) is 8. The fraction of sp³-hybridized carbons (Fsp3) is 0.240. The molecule has 2 aromatic carbocycles. The molecule has 0 aromatic heterocycles. The van der Waals surface area contributed by atoms with Gasteiger partial charge in [-0.15, -0.1) is 0 Å². The summed E-state index contributed by atoms with van der Waals surface area (Å²) in [7, 11) is 2.52. The smallest absolute Gasteiger partial charge is 0.348 e. The zero-order valence-electron chi connectivity index (χ0n) is 19.0. The Morgan fingerprint density at radius 3 is 2.12 bits per heavy atom. The second-order valence-corrected chi connectivity index (χ2v) is 7.71. The molecule has 0 aliphatic carbocycles. The maximum atomic E-state index is 13.1. The Labute approximate surface area is 196 Å². The summed E-state index contributed by atoms with van der Waals surface area (Å²) in [5, 5.41) is 9.13. The van der Waals surface area contributed by atoms with Gasteiger partial charge in [0.1, 0.15) is 17.7 Å². The minimum absolute atomic E-state index is 0.0449. The molecular formula is C25H22N2O7. The standard InChI is InChI=1S/C25H22N2O7/c1-14(2)21(27-22(28)17-7-5-6-8-18(17)23(27)29)25(31)34-19-10-9-15(12-20(19)32-3)11-16(13-26)24(30)33-4/h5-12,14,21H,1-4H3/b16-11+/t21-/m0/s1. The molecule has 1 aliphatic heterocycles. The summed E-state index contributed by atoms with van der Waals surface area (Å²) in [5.74, 6) is -2.96. The Bertz CT molecular complexity index is 1210. The second-order valence-electron chi connectivity index (χ2n) is 7.71. The monoisotopic (exact) mass is 462 g/mol. The van der Waals surface area contributed by atoms with Gasteiger partial charge in [0.05, 0.1) is 25.3 Å². The van der Waals surface area contributed by atoms with Crippen LogP contribution in [0.3, 0.4) is 0 Å². The van der Waals surface area contributed by atoms with Gasteiger partial charge in [0, 0.05) is 0 Å². The van der Waals surface area contributed by atoms with Crippen molar-refractivity contribution in [1.82, 2.24) is 4.90 Å². The molecule has 0 saturated carbocycles. The Morgan fingerprint density at radius 2 is 1.62 bits per heavy atom. The van der Waals surface area contributed by atoms with Crippen molar-refractivity contribution in [3.8, 4) is 17.6 Å². The van der Waals surface area contributed by atoms with Crippen LogP contribution in [0.1, 0.15) is 40.1 Å². The van der Waals surface area contributed by atoms with E-state index in [1.807, 2.05) is 0 Å². The highest BCUT2D eigenvalue weighted by Crippen LogP contribution is 2.32. The number of rotatable bonds is 7. The van der Waals surface area contributed by atoms with E-state index in [2.05, 4.69) is 4.74 Å². The van der Waals surface area contributed by atoms with Crippen molar-refractivity contribution in [2.24, 2.45) is 5.92 Å². The lowest BCUT2D eigenvalue weighted by atomic mass is 10.0. The molecule has 9 heteroatoms. The Hall–Kier alpha value is -4.45. The van der Waals surface area contributed by atoms with Gasteiger partial charge in [0.25, 0.3) is 11.8 Å². The van der Waals surface area contributed by atoms with Crippen molar-refractivity contribution >= 4 is 29.8 Å². The topological polar surface area (TPSA) is 123 Å². The number of carbonyl (C=O) groups excluding carboxylic acids is 4. The normalized spacial score (nSPS) is 13.9. The first-order chi connectivity index (χ1) is 16.2. The van der Waals surface area contributed by atoms with Crippen LogP contribution < -0.4 is 9.47 Å². The number of amides is 2. The van der Waals surface area contributed by atoms with Crippen molar-refractivity contribution in [2.75, 3.05) is 14.2 Å². The minimum Gasteiger partial charge on any atom is -0.493 e. The van der Waals surface area contributed by atoms with Gasteiger partial charge in [0.15, 0.2) is 11.5 Å². The van der Waals surface area contributed by atoms with Crippen LogP contribution in [0.5, 0.6) is 11.5 Å². The quantitative estimate of drug-likeness (QED) is 0.202. The van der Waals surface area contributed by atoms with Gasteiger partial charge in [-0.05, 0) is 41.8 Å². The molecule has 0 radical (unpaired) electrons. The van der Waals surface area contributed by atoms with Crippen LogP contribution in [0.2, 0.25) is 0 Å². The van der Waals surface area contributed by atoms with Gasteiger partial charge < -0.3 is 14.2 Å². The molecule has 2 aromatic rings. The summed E-state index contributed by atoms with van der Waals surface area (Å²) >= 11 is 0. The number of nitriles is 1. The van der Waals surface area contributed by atoms with Crippen molar-refractivity contribution < 1.29 is 33.4 Å². The van der Waals surface area contributed by atoms with E-state index in [-0.39, 0.29) is 28.2 Å². The third-order valence-corrected chi connectivity index (χ3v) is 5.21. The van der Waals surface area contributed by atoms with Crippen LogP contribution in [0.25, 0.3) is 6.08 Å². The largest absolute Gasteiger partial charge is 0.493 e. The van der Waals surface area contributed by atoms with E-state index in [0.717, 1.165) is 12.0 Å². The molecule has 34 heavy (non-hydrogen) atoms. The summed E-state index contributed by atoms with van der Waals surface area (Å²) < 4.78 is 15.4. The number of carbonyl (C=O) groups is 4. The van der Waals surface area contributed by atoms with Crippen molar-refractivity contribution in [3.05, 3.63) is 64.7 Å². The first-order valence-electron chi connectivity index (χ1n) is 10.3. The summed E-state index contributed by atoms with van der Waals surface area (Å²) in [6.07, 6.45) is 1.30. The Morgan fingerprint density at radius 1 is 1.00 bits per heavy atom. The summed E-state index contributed by atoms with van der Waals surface area (Å²) in [5.41, 5.74) is 0.677. The van der Waals surface area contributed by atoms with Crippen LogP contribution in [0.4, 0.5) is 0 Å². The molecule has 0 saturated heterocycles. The van der Waals surface area contributed by atoms with E-state index in [0.29, 0.717) is 5.56 Å². The molecular weight excluding hydrogens is 440 g/mol. The third kappa shape index (κ3) is 4.52. The van der Waals surface area contributed by atoms with Gasteiger partial charge >= 0.3 is 11.9 Å². The molecule has 0 unspecified atom stereocenters. The Balaban J connectivity index is 1.90. The predicted molar refractivity (Wildman–Crippen MR) is 120 cm³/mol. The fourth-order valence-corrected chi connectivity index (χ4v) is 3.58. The predicted octanol–water partition coefficient (Wildman–Crippen LogP) is 3.00. The van der Waals surface area contributed by atoms with Crippen LogP contribution in [0, 0.1) is 17.2 Å². The van der Waals surface area contributed by atoms with E-state index >= 15 is 0 Å². The summed E-state index contributed by atoms with van der Waals surface area (Å²) in [4.78, 5) is 51.5. The maximum Gasteiger partial charge on any atom is 0.348 e. The molecule has 1 atom stereocenters. The number of hydrogen-bond donors (Lipinski definition) is 0. The number of methoxy groups -OCH3 is 2. The highest BCUT2D eigenvalue weighted by Gasteiger charge is 2.45. The first kappa shape index (κ1) is 24.2. The van der Waals surface area contributed by atoms with Crippen molar-refractivity contribution in [2.45, 2.75) is 19.9 Å². The van der Waals surface area contributed by atoms with Crippen LogP contribution in [-0.2, 0) is 14.3 Å². The number of imide groups is 1. The summed E-state index contributed by atoms with van der Waals surface area (Å²) in [6, 6.07) is 11.4. The van der Waals surface area contributed by atoms with Crippen molar-refractivity contribution in [1.29, 1.82) is 5.26 Å². The lowest BCUT2D eigenvalue weighted by molar-refractivity contribution is -0.140. The molecule has 1 aliphatic rings. The highest BCUT2D eigenvalue weighted by molar-refractivity contribution is 6.22. The number of esters is 2. The van der Waals surface area contributed by atoms with Crippen LogP contribution in [0.15, 0.2) is 48.0 Å². The minimum atomic E-state index is -1.17. The molecule has 0 spiro atoms. The van der Waals surface area contributed by atoms with Gasteiger partial charge in [-0.2, -0.15) is 5.26 Å². The molecule has 1 heterocycles. The van der Waals surface area contributed by atoms with E-state index in [4.69, 9.17) is 14.7 Å². The van der Waals surface area contributed by atoms with Crippen LogP contribution in [-0.4, -0.2) is 48.9 Å². The van der Waals surface area contributed by atoms with Gasteiger partial charge in [0.2, 0.25) is 0 Å². The average Bonchev–Trinajstić information content (AvgIpc) is 3.08. The van der Waals surface area contributed by atoms with E-state index in [9.17, 15) is 19.2 Å². The number of fused-ring (bicyclic) bond motifs is 1. The zero-order chi connectivity index (χ0) is 25.0. The third-order valence-electron chi connectivity index (χ3n) is 5.21. The molecule has 0 N–H and O–H groups in total. The fourth-order valence-electron chi connectivity index (χ4n) is 3.58. The average molecular weight is 462 g/mol. The van der Waals surface area contributed by atoms with E-state index in [1.54, 1.807) is 32.0 Å². The second kappa shape index (κ2) is 10.0. The lowest BCUT2D eigenvalue weighted by Gasteiger charge is -2.27. The molecule has 0 bridgehead atoms. The SMILES string of the molecule is COC(=O)/C(C#N)=C/c1ccc(OC(=O)[C@H](C(C)C)N2C(=O)c3ccccc3C2=O)c(OC)c1. The van der Waals surface area contributed by atoms with Crippen molar-refractivity contribution in [3.63, 3.8) is 0 Å². The van der Waals surface area contributed by atoms with Gasteiger partial charge in [-0.25, -0.2) is 9.59 Å². The zero-order valence-corrected chi connectivity index (χ0v) is 19.0. The van der Waals surface area contributed by atoms with E-state index in [1.165, 1.54) is 43.5 Å². The van der Waals surface area contributed by atoms with E-state index < -0.39 is 35.7 Å².